The van der Waals surface area contributed by atoms with E-state index in [0.717, 1.165) is 10.7 Å². The van der Waals surface area contributed by atoms with Crippen molar-refractivity contribution in [1.29, 1.82) is 0 Å². The molecular weight excluding hydrogens is 376 g/mol. The molecule has 3 aromatic rings. The number of anilines is 1. The van der Waals surface area contributed by atoms with E-state index >= 15 is 0 Å². The summed E-state index contributed by atoms with van der Waals surface area (Å²) in [6.45, 7) is 4.36. The molecule has 0 aliphatic heterocycles. The van der Waals surface area contributed by atoms with Gasteiger partial charge in [-0.2, -0.15) is 0 Å². The number of para-hydroxylation sites is 1. The van der Waals surface area contributed by atoms with Crippen LogP contribution in [0.4, 0.5) is 5.69 Å². The van der Waals surface area contributed by atoms with Crippen LogP contribution in [0.3, 0.4) is 0 Å². The topological polar surface area (TPSA) is 59.8 Å². The Bertz CT molecular complexity index is 877. The first-order valence-electron chi connectivity index (χ1n) is 7.44. The maximum absolute atomic E-state index is 12.2. The van der Waals surface area contributed by atoms with Crippen LogP contribution in [-0.4, -0.2) is 26.4 Å². The summed E-state index contributed by atoms with van der Waals surface area (Å²) in [6, 6.07) is 11.1. The molecule has 1 aromatic carbocycles. The predicted molar refractivity (Wildman–Crippen MR) is 104 cm³/mol. The van der Waals surface area contributed by atoms with E-state index in [9.17, 15) is 4.79 Å². The van der Waals surface area contributed by atoms with E-state index in [-0.39, 0.29) is 11.7 Å². The molecule has 2 heterocycles. The zero-order chi connectivity index (χ0) is 17.6. The molecular formula is C17H15ClN4OS2. The Kier molecular flexibility index (Phi) is 5.91. The largest absolute Gasteiger partial charge is 0.324 e. The number of halogens is 1. The van der Waals surface area contributed by atoms with Gasteiger partial charge in [0.05, 0.1) is 21.3 Å². The second-order valence-electron chi connectivity index (χ2n) is 5.00. The highest BCUT2D eigenvalue weighted by atomic mass is 35.5. The fourth-order valence-electron chi connectivity index (χ4n) is 2.16. The zero-order valence-corrected chi connectivity index (χ0v) is 15.6. The maximum atomic E-state index is 12.2. The average Bonchev–Trinajstić information content (AvgIpc) is 3.25. The highest BCUT2D eigenvalue weighted by molar-refractivity contribution is 7.99. The Morgan fingerprint density at radius 1 is 1.32 bits per heavy atom. The molecule has 0 saturated heterocycles. The Morgan fingerprint density at radius 2 is 2.16 bits per heavy atom. The second-order valence-corrected chi connectivity index (χ2v) is 7.30. The molecule has 25 heavy (non-hydrogen) atoms. The molecule has 1 amide bonds. The second kappa shape index (κ2) is 8.33. The molecule has 0 spiro atoms. The van der Waals surface area contributed by atoms with Gasteiger partial charge in [0, 0.05) is 6.54 Å². The predicted octanol–water partition coefficient (Wildman–Crippen LogP) is 4.58. The van der Waals surface area contributed by atoms with Crippen molar-refractivity contribution in [2.75, 3.05) is 11.1 Å². The van der Waals surface area contributed by atoms with Gasteiger partial charge in [0.15, 0.2) is 11.0 Å². The van der Waals surface area contributed by atoms with Crippen LogP contribution >= 0.6 is 34.7 Å². The number of benzene rings is 1. The van der Waals surface area contributed by atoms with Crippen molar-refractivity contribution in [2.24, 2.45) is 0 Å². The Labute approximate surface area is 158 Å². The van der Waals surface area contributed by atoms with E-state index in [2.05, 4.69) is 22.1 Å². The lowest BCUT2D eigenvalue weighted by Gasteiger charge is -2.08. The number of allylic oxidation sites excluding steroid dienone is 1. The van der Waals surface area contributed by atoms with E-state index < -0.39 is 0 Å². The summed E-state index contributed by atoms with van der Waals surface area (Å²) < 4.78 is 1.95. The van der Waals surface area contributed by atoms with E-state index in [1.54, 1.807) is 29.5 Å². The molecule has 2 aromatic heterocycles. The smallest absolute Gasteiger partial charge is 0.234 e. The third-order valence-electron chi connectivity index (χ3n) is 3.25. The molecule has 0 unspecified atom stereocenters. The summed E-state index contributed by atoms with van der Waals surface area (Å²) in [6.07, 6.45) is 1.79. The van der Waals surface area contributed by atoms with E-state index in [0.29, 0.717) is 22.4 Å². The molecule has 0 bridgehead atoms. The van der Waals surface area contributed by atoms with Crippen LogP contribution in [-0.2, 0) is 11.3 Å². The van der Waals surface area contributed by atoms with Crippen molar-refractivity contribution in [3.63, 3.8) is 0 Å². The lowest BCUT2D eigenvalue weighted by molar-refractivity contribution is -0.113. The van der Waals surface area contributed by atoms with Crippen LogP contribution in [0.25, 0.3) is 10.7 Å². The SMILES string of the molecule is C=CCn1c(SCC(=O)Nc2ccccc2Cl)nnc1-c1cccs1. The molecule has 0 radical (unpaired) electrons. The minimum Gasteiger partial charge on any atom is -0.324 e. The summed E-state index contributed by atoms with van der Waals surface area (Å²) in [5, 5.41) is 14.5. The molecule has 0 aliphatic rings. The van der Waals surface area contributed by atoms with Crippen molar-refractivity contribution in [3.8, 4) is 10.7 Å². The van der Waals surface area contributed by atoms with Gasteiger partial charge in [-0.05, 0) is 23.6 Å². The molecule has 0 fully saturated rings. The number of nitrogens with one attached hydrogen (secondary N) is 1. The number of amides is 1. The van der Waals surface area contributed by atoms with Crippen molar-refractivity contribution >= 4 is 46.3 Å². The minimum absolute atomic E-state index is 0.149. The van der Waals surface area contributed by atoms with E-state index in [1.165, 1.54) is 11.8 Å². The number of carbonyl (C=O) groups is 1. The van der Waals surface area contributed by atoms with Gasteiger partial charge in [-0.15, -0.1) is 28.1 Å². The summed E-state index contributed by atoms with van der Waals surface area (Å²) >= 11 is 8.98. The van der Waals surface area contributed by atoms with Gasteiger partial charge in [-0.25, -0.2) is 0 Å². The lowest BCUT2D eigenvalue weighted by atomic mass is 10.3. The normalized spacial score (nSPS) is 10.6. The summed E-state index contributed by atoms with van der Waals surface area (Å²) in [5.74, 6) is 0.845. The van der Waals surface area contributed by atoms with Crippen LogP contribution in [0.5, 0.6) is 0 Å². The van der Waals surface area contributed by atoms with Crippen molar-refractivity contribution in [1.82, 2.24) is 14.8 Å². The van der Waals surface area contributed by atoms with Crippen molar-refractivity contribution in [3.05, 3.63) is 59.5 Å². The Hall–Kier alpha value is -2.09. The Balaban J connectivity index is 1.69. The summed E-state index contributed by atoms with van der Waals surface area (Å²) in [7, 11) is 0. The number of hydrogen-bond acceptors (Lipinski definition) is 5. The Morgan fingerprint density at radius 3 is 2.88 bits per heavy atom. The third kappa shape index (κ3) is 4.31. The number of hydrogen-bond donors (Lipinski definition) is 1. The quantitative estimate of drug-likeness (QED) is 0.474. The third-order valence-corrected chi connectivity index (χ3v) is 5.41. The molecule has 3 rings (SSSR count). The first kappa shape index (κ1) is 17.7. The highest BCUT2D eigenvalue weighted by Crippen LogP contribution is 2.27. The molecule has 8 heteroatoms. The number of thioether (sulfide) groups is 1. The average molecular weight is 391 g/mol. The van der Waals surface area contributed by atoms with Crippen LogP contribution in [0.15, 0.2) is 59.6 Å². The maximum Gasteiger partial charge on any atom is 0.234 e. The van der Waals surface area contributed by atoms with Gasteiger partial charge in [-0.3, -0.25) is 9.36 Å². The fourth-order valence-corrected chi connectivity index (χ4v) is 3.80. The van der Waals surface area contributed by atoms with Gasteiger partial charge in [0.1, 0.15) is 0 Å². The number of aromatic nitrogens is 3. The molecule has 128 valence electrons. The van der Waals surface area contributed by atoms with Gasteiger partial charge in [0.2, 0.25) is 5.91 Å². The van der Waals surface area contributed by atoms with Crippen LogP contribution in [0.1, 0.15) is 0 Å². The summed E-state index contributed by atoms with van der Waals surface area (Å²) in [5.41, 5.74) is 0.599. The van der Waals surface area contributed by atoms with Crippen LogP contribution in [0, 0.1) is 0 Å². The van der Waals surface area contributed by atoms with E-state index in [1.807, 2.05) is 34.2 Å². The lowest BCUT2D eigenvalue weighted by Crippen LogP contribution is -2.15. The molecule has 0 saturated carbocycles. The molecule has 0 atom stereocenters. The van der Waals surface area contributed by atoms with Crippen molar-refractivity contribution < 1.29 is 4.79 Å². The number of rotatable bonds is 7. The van der Waals surface area contributed by atoms with Crippen LogP contribution < -0.4 is 5.32 Å². The van der Waals surface area contributed by atoms with Crippen molar-refractivity contribution in [2.45, 2.75) is 11.7 Å². The van der Waals surface area contributed by atoms with Crippen LogP contribution in [0.2, 0.25) is 5.02 Å². The number of nitrogens with zero attached hydrogens (tertiary/aromatic N) is 3. The minimum atomic E-state index is -0.149. The molecule has 0 aliphatic carbocycles. The number of carbonyl (C=O) groups excluding carboxylic acids is 1. The van der Waals surface area contributed by atoms with Gasteiger partial charge in [-0.1, -0.05) is 47.6 Å². The highest BCUT2D eigenvalue weighted by Gasteiger charge is 2.15. The standard InChI is InChI=1S/C17H15ClN4OS2/c1-2-9-22-16(14-8-5-10-24-14)20-21-17(22)25-11-15(23)19-13-7-4-3-6-12(13)18/h2-8,10H,1,9,11H2,(H,19,23). The monoisotopic (exact) mass is 390 g/mol. The molecule has 5 nitrogen and oxygen atoms in total. The first-order valence-corrected chi connectivity index (χ1v) is 9.68. The van der Waals surface area contributed by atoms with Gasteiger partial charge >= 0.3 is 0 Å². The van der Waals surface area contributed by atoms with Gasteiger partial charge < -0.3 is 5.32 Å². The zero-order valence-electron chi connectivity index (χ0n) is 13.2. The first-order chi connectivity index (χ1) is 12.2. The van der Waals surface area contributed by atoms with E-state index in [4.69, 9.17) is 11.6 Å². The summed E-state index contributed by atoms with van der Waals surface area (Å²) in [4.78, 5) is 13.2. The van der Waals surface area contributed by atoms with Gasteiger partial charge in [0.25, 0.3) is 0 Å². The fraction of sp³-hybridized carbons (Fsp3) is 0.118. The molecule has 1 N–H and O–H groups in total. The number of thiophene rings is 1.